The number of aromatic nitrogens is 1. The fourth-order valence-corrected chi connectivity index (χ4v) is 2.08. The summed E-state index contributed by atoms with van der Waals surface area (Å²) in [4.78, 5) is 28.8. The van der Waals surface area contributed by atoms with Crippen LogP contribution in [0.1, 0.15) is 12.5 Å². The molecular weight excluding hydrogens is 286 g/mol. The Bertz CT molecular complexity index is 464. The van der Waals surface area contributed by atoms with E-state index in [9.17, 15) is 9.59 Å². The molecule has 90 valence electrons. The van der Waals surface area contributed by atoms with Crippen LogP contribution in [0.25, 0.3) is 0 Å². The van der Waals surface area contributed by atoms with Crippen molar-refractivity contribution in [3.63, 3.8) is 0 Å². The quantitative estimate of drug-likeness (QED) is 0.816. The topological polar surface area (TPSA) is 62.3 Å². The third-order valence-electron chi connectivity index (χ3n) is 2.60. The number of carbonyl (C=O) groups excluding carboxylic acids is 2. The number of nitrogens with one attached hydrogen (secondary N) is 1. The summed E-state index contributed by atoms with van der Waals surface area (Å²) in [6, 6.07) is 1.54. The summed E-state index contributed by atoms with van der Waals surface area (Å²) >= 11 is 3.31. The molecule has 17 heavy (non-hydrogen) atoms. The number of rotatable bonds is 2. The lowest BCUT2D eigenvalue weighted by Gasteiger charge is -2.29. The molecule has 0 bridgehead atoms. The summed E-state index contributed by atoms with van der Waals surface area (Å²) in [6.45, 7) is 2.23. The molecule has 1 aliphatic rings. The Morgan fingerprint density at radius 3 is 3.00 bits per heavy atom. The van der Waals surface area contributed by atoms with Crippen molar-refractivity contribution in [1.82, 2.24) is 15.2 Å². The minimum absolute atomic E-state index is 0.193. The van der Waals surface area contributed by atoms with Crippen molar-refractivity contribution in [3.8, 4) is 0 Å². The highest BCUT2D eigenvalue weighted by atomic mass is 79.9. The molecular formula is C11H12BrN3O2. The predicted molar refractivity (Wildman–Crippen MR) is 65.0 cm³/mol. The second-order valence-electron chi connectivity index (χ2n) is 3.93. The van der Waals surface area contributed by atoms with Gasteiger partial charge in [-0.05, 0) is 34.5 Å². The van der Waals surface area contributed by atoms with Crippen LogP contribution in [0.15, 0.2) is 22.9 Å². The summed E-state index contributed by atoms with van der Waals surface area (Å²) in [7, 11) is 0. The largest absolute Gasteiger partial charge is 0.298 e. The lowest BCUT2D eigenvalue weighted by Crippen LogP contribution is -2.56. The van der Waals surface area contributed by atoms with Crippen LogP contribution < -0.4 is 5.32 Å². The first kappa shape index (κ1) is 12.2. The number of pyridine rings is 1. The first-order valence-corrected chi connectivity index (χ1v) is 6.04. The van der Waals surface area contributed by atoms with Gasteiger partial charge in [-0.25, -0.2) is 0 Å². The molecule has 1 atom stereocenters. The molecule has 1 saturated heterocycles. The Kier molecular flexibility index (Phi) is 3.54. The van der Waals surface area contributed by atoms with Gasteiger partial charge in [0.2, 0.25) is 11.8 Å². The smallest absolute Gasteiger partial charge is 0.246 e. The van der Waals surface area contributed by atoms with E-state index in [0.29, 0.717) is 0 Å². The molecule has 2 rings (SSSR count). The molecule has 5 nitrogen and oxygen atoms in total. The lowest BCUT2D eigenvalue weighted by atomic mass is 10.2. The molecule has 0 radical (unpaired) electrons. The molecule has 1 aliphatic heterocycles. The van der Waals surface area contributed by atoms with Crippen molar-refractivity contribution in [2.24, 2.45) is 0 Å². The molecule has 1 unspecified atom stereocenters. The van der Waals surface area contributed by atoms with E-state index in [4.69, 9.17) is 0 Å². The zero-order valence-electron chi connectivity index (χ0n) is 9.31. The second kappa shape index (κ2) is 4.93. The molecule has 2 amide bonds. The predicted octanol–water partition coefficient (Wildman–Crippen LogP) is 0.691. The molecule has 1 fully saturated rings. The van der Waals surface area contributed by atoms with E-state index >= 15 is 0 Å². The van der Waals surface area contributed by atoms with Gasteiger partial charge >= 0.3 is 0 Å². The number of imide groups is 1. The lowest BCUT2D eigenvalue weighted by molar-refractivity contribution is -0.149. The van der Waals surface area contributed by atoms with Gasteiger partial charge in [0.1, 0.15) is 0 Å². The summed E-state index contributed by atoms with van der Waals surface area (Å²) in [6.07, 6.45) is 3.31. The zero-order valence-corrected chi connectivity index (χ0v) is 10.9. The number of carbonyl (C=O) groups is 2. The number of nitrogens with zero attached hydrogens (tertiary/aromatic N) is 2. The highest BCUT2D eigenvalue weighted by molar-refractivity contribution is 9.10. The molecule has 1 aromatic rings. The fourth-order valence-electron chi connectivity index (χ4n) is 1.67. The van der Waals surface area contributed by atoms with Crippen LogP contribution in [0.2, 0.25) is 0 Å². The third-order valence-corrected chi connectivity index (χ3v) is 3.03. The maximum Gasteiger partial charge on any atom is 0.246 e. The van der Waals surface area contributed by atoms with Gasteiger partial charge in [0.05, 0.1) is 19.1 Å². The minimum atomic E-state index is -0.312. The van der Waals surface area contributed by atoms with Crippen LogP contribution in [0.4, 0.5) is 0 Å². The molecule has 1 N–H and O–H groups in total. The van der Waals surface area contributed by atoms with Crippen LogP contribution in [-0.4, -0.2) is 34.3 Å². The Morgan fingerprint density at radius 2 is 2.29 bits per heavy atom. The van der Waals surface area contributed by atoms with Crippen molar-refractivity contribution in [3.05, 3.63) is 28.5 Å². The molecule has 2 heterocycles. The first-order valence-electron chi connectivity index (χ1n) is 5.25. The number of halogens is 1. The van der Waals surface area contributed by atoms with Gasteiger partial charge in [0, 0.05) is 16.9 Å². The van der Waals surface area contributed by atoms with Gasteiger partial charge in [-0.3, -0.25) is 24.8 Å². The average molecular weight is 298 g/mol. The van der Waals surface area contributed by atoms with Crippen molar-refractivity contribution in [1.29, 1.82) is 0 Å². The minimum Gasteiger partial charge on any atom is -0.298 e. The van der Waals surface area contributed by atoms with Gasteiger partial charge < -0.3 is 0 Å². The van der Waals surface area contributed by atoms with Crippen molar-refractivity contribution < 1.29 is 9.59 Å². The fraction of sp³-hybridized carbons (Fsp3) is 0.364. The molecule has 0 saturated carbocycles. The molecule has 0 aliphatic carbocycles. The van der Waals surface area contributed by atoms with Crippen molar-refractivity contribution >= 4 is 27.7 Å². The van der Waals surface area contributed by atoms with Gasteiger partial charge in [0.15, 0.2) is 0 Å². The van der Waals surface area contributed by atoms with Crippen LogP contribution in [0.3, 0.4) is 0 Å². The zero-order chi connectivity index (χ0) is 12.4. The Balaban J connectivity index is 2.16. The average Bonchev–Trinajstić information content (AvgIpc) is 2.30. The van der Waals surface area contributed by atoms with Crippen LogP contribution in [0, 0.1) is 0 Å². The third kappa shape index (κ3) is 2.70. The van der Waals surface area contributed by atoms with Gasteiger partial charge in [-0.2, -0.15) is 0 Å². The normalized spacial score (nSPS) is 20.8. The Morgan fingerprint density at radius 1 is 1.53 bits per heavy atom. The molecule has 1 aromatic heterocycles. The Labute approximate surface area is 107 Å². The molecule has 0 aromatic carbocycles. The highest BCUT2D eigenvalue weighted by Crippen LogP contribution is 2.13. The number of hydrogen-bond acceptors (Lipinski definition) is 4. The van der Waals surface area contributed by atoms with Gasteiger partial charge in [-0.1, -0.05) is 0 Å². The maximum absolute atomic E-state index is 11.8. The van der Waals surface area contributed by atoms with E-state index in [-0.39, 0.29) is 30.9 Å². The van der Waals surface area contributed by atoms with Crippen molar-refractivity contribution in [2.45, 2.75) is 19.5 Å². The van der Waals surface area contributed by atoms with E-state index in [0.717, 1.165) is 10.0 Å². The monoisotopic (exact) mass is 297 g/mol. The maximum atomic E-state index is 11.8. The van der Waals surface area contributed by atoms with E-state index < -0.39 is 0 Å². The Hall–Kier alpha value is -1.27. The van der Waals surface area contributed by atoms with Gasteiger partial charge in [0.25, 0.3) is 0 Å². The van der Waals surface area contributed by atoms with Crippen molar-refractivity contribution in [2.75, 3.05) is 6.54 Å². The number of amides is 2. The summed E-state index contributed by atoms with van der Waals surface area (Å²) in [5.74, 6) is -0.394. The standard InChI is InChI=1S/C11H12BrN3O2/c1-7-11(17)15(10(16)5-14-7)6-8-2-9(12)4-13-3-8/h2-4,7,14H,5-6H2,1H3. The van der Waals surface area contributed by atoms with Crippen LogP contribution >= 0.6 is 15.9 Å². The molecule has 0 spiro atoms. The highest BCUT2D eigenvalue weighted by Gasteiger charge is 2.30. The summed E-state index contributed by atoms with van der Waals surface area (Å²) in [5.41, 5.74) is 0.829. The van der Waals surface area contributed by atoms with E-state index in [1.807, 2.05) is 6.07 Å². The summed E-state index contributed by atoms with van der Waals surface area (Å²) < 4.78 is 0.832. The van der Waals surface area contributed by atoms with Crippen LogP contribution in [-0.2, 0) is 16.1 Å². The molecule has 6 heteroatoms. The number of piperazine rings is 1. The van der Waals surface area contributed by atoms with E-state index in [1.165, 1.54) is 4.90 Å². The second-order valence-corrected chi connectivity index (χ2v) is 4.85. The first-order chi connectivity index (χ1) is 8.08. The van der Waals surface area contributed by atoms with Gasteiger partial charge in [-0.15, -0.1) is 0 Å². The van der Waals surface area contributed by atoms with E-state index in [1.54, 1.807) is 19.3 Å². The number of hydrogen-bond donors (Lipinski definition) is 1. The van der Waals surface area contributed by atoms with E-state index in [2.05, 4.69) is 26.2 Å². The summed E-state index contributed by atoms with van der Waals surface area (Å²) in [5, 5.41) is 2.84. The SMILES string of the molecule is CC1NCC(=O)N(Cc2cncc(Br)c2)C1=O. The van der Waals surface area contributed by atoms with Crippen LogP contribution in [0.5, 0.6) is 0 Å².